The van der Waals surface area contributed by atoms with Crippen molar-refractivity contribution in [3.05, 3.63) is 0 Å². The summed E-state index contributed by atoms with van der Waals surface area (Å²) in [6, 6.07) is 0.102. The van der Waals surface area contributed by atoms with Gasteiger partial charge >= 0.3 is 0 Å². The van der Waals surface area contributed by atoms with Gasteiger partial charge < -0.3 is 15.5 Å². The average Bonchev–Trinajstić information content (AvgIpc) is 2.71. The third-order valence-electron chi connectivity index (χ3n) is 3.69. The van der Waals surface area contributed by atoms with Crippen LogP contribution in [0, 0.1) is 5.92 Å². The molecule has 5 nitrogen and oxygen atoms in total. The highest BCUT2D eigenvalue weighted by Crippen LogP contribution is 2.27. The van der Waals surface area contributed by atoms with Crippen molar-refractivity contribution >= 4 is 11.8 Å². The zero-order valence-corrected chi connectivity index (χ0v) is 10.4. The summed E-state index contributed by atoms with van der Waals surface area (Å²) in [5.41, 5.74) is 0. The summed E-state index contributed by atoms with van der Waals surface area (Å²) in [4.78, 5) is 25.6. The van der Waals surface area contributed by atoms with Gasteiger partial charge in [0.1, 0.15) is 0 Å². The van der Waals surface area contributed by atoms with Gasteiger partial charge in [0.2, 0.25) is 11.8 Å². The number of hydrogen-bond donors (Lipinski definition) is 2. The van der Waals surface area contributed by atoms with E-state index in [9.17, 15) is 9.59 Å². The highest BCUT2D eigenvalue weighted by Gasteiger charge is 2.42. The van der Waals surface area contributed by atoms with Crippen LogP contribution in [0.15, 0.2) is 0 Å². The van der Waals surface area contributed by atoms with Crippen LogP contribution < -0.4 is 10.6 Å². The lowest BCUT2D eigenvalue weighted by atomic mass is 9.91. The van der Waals surface area contributed by atoms with Crippen molar-refractivity contribution in [2.75, 3.05) is 26.2 Å². The van der Waals surface area contributed by atoms with Gasteiger partial charge in [0.05, 0.1) is 12.0 Å². The Morgan fingerprint density at radius 2 is 2.41 bits per heavy atom. The quantitative estimate of drug-likeness (QED) is 0.664. The van der Waals surface area contributed by atoms with Crippen molar-refractivity contribution in [2.24, 2.45) is 5.92 Å². The Morgan fingerprint density at radius 3 is 3.18 bits per heavy atom. The van der Waals surface area contributed by atoms with Crippen LogP contribution in [0.3, 0.4) is 0 Å². The minimum Gasteiger partial charge on any atom is -0.354 e. The van der Waals surface area contributed by atoms with Gasteiger partial charge in [0.15, 0.2) is 0 Å². The molecule has 0 aliphatic carbocycles. The Hall–Kier alpha value is -1.10. The van der Waals surface area contributed by atoms with Crippen molar-refractivity contribution < 1.29 is 9.59 Å². The molecular weight excluding hydrogens is 218 g/mol. The molecule has 0 aromatic rings. The van der Waals surface area contributed by atoms with Crippen LogP contribution in [0.4, 0.5) is 0 Å². The van der Waals surface area contributed by atoms with Crippen LogP contribution >= 0.6 is 0 Å². The number of amides is 2. The van der Waals surface area contributed by atoms with E-state index >= 15 is 0 Å². The van der Waals surface area contributed by atoms with E-state index in [2.05, 4.69) is 10.6 Å². The molecule has 96 valence electrons. The maximum absolute atomic E-state index is 12.1. The third kappa shape index (κ3) is 2.60. The standard InChI is InChI=1S/C12H21N3O2/c1-2-13-6-5-11(16)15-7-3-4-9-10(15)8-14-12(9)17/h9-10,13H,2-8H2,1H3,(H,14,17). The molecule has 0 radical (unpaired) electrons. The second-order valence-corrected chi connectivity index (χ2v) is 4.75. The Morgan fingerprint density at radius 1 is 1.59 bits per heavy atom. The normalized spacial score (nSPS) is 27.8. The van der Waals surface area contributed by atoms with Crippen molar-refractivity contribution in [3.8, 4) is 0 Å². The summed E-state index contributed by atoms with van der Waals surface area (Å²) in [7, 11) is 0. The molecule has 2 N–H and O–H groups in total. The number of fused-ring (bicyclic) bond motifs is 1. The number of nitrogens with one attached hydrogen (secondary N) is 2. The number of piperidine rings is 1. The van der Waals surface area contributed by atoms with Crippen LogP contribution in [0.5, 0.6) is 0 Å². The molecule has 0 saturated carbocycles. The van der Waals surface area contributed by atoms with E-state index in [0.717, 1.165) is 32.5 Å². The second-order valence-electron chi connectivity index (χ2n) is 4.75. The van der Waals surface area contributed by atoms with Crippen LogP contribution in [-0.2, 0) is 9.59 Å². The average molecular weight is 239 g/mol. The fraction of sp³-hybridized carbons (Fsp3) is 0.833. The number of likely N-dealkylation sites (tertiary alicyclic amines) is 1. The van der Waals surface area contributed by atoms with Crippen LogP contribution in [-0.4, -0.2) is 48.9 Å². The van der Waals surface area contributed by atoms with E-state index in [0.29, 0.717) is 13.0 Å². The summed E-state index contributed by atoms with van der Waals surface area (Å²) in [5, 5.41) is 6.02. The Labute approximate surface area is 102 Å². The zero-order chi connectivity index (χ0) is 12.3. The van der Waals surface area contributed by atoms with E-state index in [1.165, 1.54) is 0 Å². The largest absolute Gasteiger partial charge is 0.354 e. The molecule has 2 fully saturated rings. The van der Waals surface area contributed by atoms with Gasteiger partial charge in [0, 0.05) is 26.1 Å². The highest BCUT2D eigenvalue weighted by atomic mass is 16.2. The first-order valence-corrected chi connectivity index (χ1v) is 6.52. The second kappa shape index (κ2) is 5.49. The summed E-state index contributed by atoms with van der Waals surface area (Å²) in [6.45, 7) is 5.09. The number of carbonyl (C=O) groups is 2. The molecule has 2 unspecified atom stereocenters. The van der Waals surface area contributed by atoms with Crippen LogP contribution in [0.2, 0.25) is 0 Å². The monoisotopic (exact) mass is 239 g/mol. The van der Waals surface area contributed by atoms with E-state index in [1.807, 2.05) is 11.8 Å². The van der Waals surface area contributed by atoms with Gasteiger partial charge in [-0.05, 0) is 19.4 Å². The van der Waals surface area contributed by atoms with Gasteiger partial charge in [-0.3, -0.25) is 9.59 Å². The Kier molecular flexibility index (Phi) is 3.99. The van der Waals surface area contributed by atoms with E-state index in [-0.39, 0.29) is 23.8 Å². The first kappa shape index (κ1) is 12.4. The minimum absolute atomic E-state index is 0.0341. The molecule has 2 rings (SSSR count). The Bertz CT molecular complexity index is 306. The van der Waals surface area contributed by atoms with Gasteiger partial charge in [-0.15, -0.1) is 0 Å². The van der Waals surface area contributed by atoms with Crippen molar-refractivity contribution in [2.45, 2.75) is 32.2 Å². The molecule has 2 amide bonds. The lowest BCUT2D eigenvalue weighted by molar-refractivity contribution is -0.136. The first-order valence-electron chi connectivity index (χ1n) is 6.52. The fourth-order valence-electron chi connectivity index (χ4n) is 2.78. The smallest absolute Gasteiger partial charge is 0.225 e. The molecule has 0 aromatic heterocycles. The molecule has 2 atom stereocenters. The van der Waals surface area contributed by atoms with Crippen LogP contribution in [0.1, 0.15) is 26.2 Å². The summed E-state index contributed by atoms with van der Waals surface area (Å²) in [6.07, 6.45) is 2.40. The fourth-order valence-corrected chi connectivity index (χ4v) is 2.78. The predicted octanol–water partition coefficient (Wildman–Crippen LogP) is -0.277. The minimum atomic E-state index is 0.0341. The van der Waals surface area contributed by atoms with Gasteiger partial charge in [-0.2, -0.15) is 0 Å². The maximum atomic E-state index is 12.1. The lowest BCUT2D eigenvalue weighted by Gasteiger charge is -2.36. The lowest BCUT2D eigenvalue weighted by Crippen LogP contribution is -2.49. The summed E-state index contributed by atoms with van der Waals surface area (Å²) < 4.78 is 0. The summed E-state index contributed by atoms with van der Waals surface area (Å²) >= 11 is 0. The molecule has 5 heteroatoms. The number of carbonyl (C=O) groups excluding carboxylic acids is 2. The SMILES string of the molecule is CCNCCC(=O)N1CCCC2C(=O)NCC21. The van der Waals surface area contributed by atoms with Gasteiger partial charge in [0.25, 0.3) is 0 Å². The maximum Gasteiger partial charge on any atom is 0.225 e. The third-order valence-corrected chi connectivity index (χ3v) is 3.69. The molecule has 0 spiro atoms. The molecule has 17 heavy (non-hydrogen) atoms. The van der Waals surface area contributed by atoms with Crippen molar-refractivity contribution in [1.82, 2.24) is 15.5 Å². The molecule has 0 aromatic carbocycles. The Balaban J connectivity index is 1.91. The first-order chi connectivity index (χ1) is 8.24. The highest BCUT2D eigenvalue weighted by molar-refractivity contribution is 5.84. The zero-order valence-electron chi connectivity index (χ0n) is 10.4. The molecular formula is C12H21N3O2. The van der Waals surface area contributed by atoms with E-state index in [4.69, 9.17) is 0 Å². The molecule has 2 saturated heterocycles. The molecule has 2 heterocycles. The van der Waals surface area contributed by atoms with E-state index < -0.39 is 0 Å². The molecule has 2 aliphatic heterocycles. The van der Waals surface area contributed by atoms with Crippen molar-refractivity contribution in [3.63, 3.8) is 0 Å². The van der Waals surface area contributed by atoms with Gasteiger partial charge in [-0.1, -0.05) is 6.92 Å². The topological polar surface area (TPSA) is 61.4 Å². The number of rotatable bonds is 4. The number of nitrogens with zero attached hydrogens (tertiary/aromatic N) is 1. The van der Waals surface area contributed by atoms with E-state index in [1.54, 1.807) is 0 Å². The summed E-state index contributed by atoms with van der Waals surface area (Å²) in [5.74, 6) is 0.336. The number of hydrogen-bond acceptors (Lipinski definition) is 3. The van der Waals surface area contributed by atoms with Crippen LogP contribution in [0.25, 0.3) is 0 Å². The predicted molar refractivity (Wildman–Crippen MR) is 64.4 cm³/mol. The van der Waals surface area contributed by atoms with Crippen molar-refractivity contribution in [1.29, 1.82) is 0 Å². The molecule has 0 bridgehead atoms. The van der Waals surface area contributed by atoms with Gasteiger partial charge in [-0.25, -0.2) is 0 Å². The molecule has 2 aliphatic rings.